The van der Waals surface area contributed by atoms with Crippen LogP contribution in [0.1, 0.15) is 38.2 Å². The summed E-state index contributed by atoms with van der Waals surface area (Å²) in [6.45, 7) is 3.87. The summed E-state index contributed by atoms with van der Waals surface area (Å²) in [6, 6.07) is 19.0. The zero-order valence-electron chi connectivity index (χ0n) is 25.2. The van der Waals surface area contributed by atoms with E-state index in [1.54, 1.807) is 56.3 Å². The third kappa shape index (κ3) is 4.10. The molecule has 1 saturated carbocycles. The van der Waals surface area contributed by atoms with Gasteiger partial charge >= 0.3 is 0 Å². The van der Waals surface area contributed by atoms with Crippen LogP contribution in [0, 0.1) is 39.2 Å². The highest BCUT2D eigenvalue weighted by Crippen LogP contribution is 2.64. The van der Waals surface area contributed by atoms with Gasteiger partial charge in [-0.05, 0) is 68.5 Å². The van der Waals surface area contributed by atoms with E-state index in [-0.39, 0.29) is 47.5 Å². The molecular weight excluding hydrogens is 590 g/mol. The standard InChI is InChI=1S/C35H31N3O8/c1-3-46-28-16-19(12-15-27(28)39)30-23-13-14-24-29(33(42)36(31(24)40)21-10-7-11-22(17-21)38(44)45)25(23)18-26-32(41)37(34(43)35(26,30)2)20-8-5-4-6-9-20/h4-13,15-17,24-26,29-30,39H,3,14,18H2,1-2H3/t24-,25+,26-,29-,30-,35+/m0/s1. The summed E-state index contributed by atoms with van der Waals surface area (Å²) < 4.78 is 5.69. The summed E-state index contributed by atoms with van der Waals surface area (Å²) in [7, 11) is 0. The van der Waals surface area contributed by atoms with Gasteiger partial charge in [-0.3, -0.25) is 29.3 Å². The first-order valence-electron chi connectivity index (χ1n) is 15.3. The van der Waals surface area contributed by atoms with E-state index < -0.39 is 51.7 Å². The Morgan fingerprint density at radius 2 is 1.65 bits per heavy atom. The Hall–Kier alpha value is -5.32. The SMILES string of the molecule is CCOc1cc([C@H]2C3=CC[C@@H]4C(=O)N(c5cccc([N+](=O)[O-])c5)C(=O)[C@@H]4[C@@H]3C[C@H]3C(=O)N(c4ccccc4)C(=O)[C@@]23C)ccc1O. The fraction of sp³-hybridized carbons (Fsp3) is 0.314. The number of amides is 4. The topological polar surface area (TPSA) is 147 Å². The van der Waals surface area contributed by atoms with Crippen molar-refractivity contribution in [1.29, 1.82) is 0 Å². The van der Waals surface area contributed by atoms with Gasteiger partial charge in [-0.25, -0.2) is 9.80 Å². The van der Waals surface area contributed by atoms with E-state index in [0.717, 1.165) is 10.5 Å². The second-order valence-electron chi connectivity index (χ2n) is 12.4. The lowest BCUT2D eigenvalue weighted by Crippen LogP contribution is -2.48. The lowest BCUT2D eigenvalue weighted by molar-refractivity contribution is -0.384. The summed E-state index contributed by atoms with van der Waals surface area (Å²) >= 11 is 0. The number of non-ortho nitro benzene ring substituents is 1. The van der Waals surface area contributed by atoms with E-state index in [4.69, 9.17) is 4.74 Å². The number of benzene rings is 3. The number of anilines is 2. The van der Waals surface area contributed by atoms with E-state index in [2.05, 4.69) is 0 Å². The molecule has 2 aliphatic heterocycles. The minimum absolute atomic E-state index is 0.0683. The van der Waals surface area contributed by atoms with E-state index in [1.807, 2.05) is 6.08 Å². The maximum atomic E-state index is 14.5. The molecule has 4 amide bonds. The molecule has 2 heterocycles. The van der Waals surface area contributed by atoms with Crippen LogP contribution in [0.3, 0.4) is 0 Å². The summed E-state index contributed by atoms with van der Waals surface area (Å²) in [5, 5.41) is 22.0. The number of aromatic hydroxyl groups is 1. The van der Waals surface area contributed by atoms with Gasteiger partial charge in [0.25, 0.3) is 5.69 Å². The van der Waals surface area contributed by atoms with Gasteiger partial charge in [0.15, 0.2) is 11.5 Å². The molecule has 0 unspecified atom stereocenters. The predicted molar refractivity (Wildman–Crippen MR) is 166 cm³/mol. The Morgan fingerprint density at radius 3 is 2.37 bits per heavy atom. The lowest BCUT2D eigenvalue weighted by Gasteiger charge is -2.49. The number of carbonyl (C=O) groups is 4. The van der Waals surface area contributed by atoms with Crippen LogP contribution in [0.15, 0.2) is 84.4 Å². The molecule has 234 valence electrons. The molecule has 0 spiro atoms. The number of carbonyl (C=O) groups excluding carboxylic acids is 4. The van der Waals surface area contributed by atoms with Crippen LogP contribution in [0.25, 0.3) is 0 Å². The van der Waals surface area contributed by atoms with Gasteiger partial charge in [0.2, 0.25) is 23.6 Å². The average Bonchev–Trinajstić information content (AvgIpc) is 3.42. The minimum Gasteiger partial charge on any atom is -0.504 e. The van der Waals surface area contributed by atoms with Gasteiger partial charge in [-0.2, -0.15) is 0 Å². The van der Waals surface area contributed by atoms with E-state index in [1.165, 1.54) is 35.2 Å². The van der Waals surface area contributed by atoms with E-state index >= 15 is 0 Å². The Kier molecular flexibility index (Phi) is 6.80. The molecule has 3 aromatic rings. The van der Waals surface area contributed by atoms with Crippen molar-refractivity contribution in [2.24, 2.45) is 29.1 Å². The molecule has 46 heavy (non-hydrogen) atoms. The average molecular weight is 622 g/mol. The van der Waals surface area contributed by atoms with Crippen LogP contribution < -0.4 is 14.5 Å². The van der Waals surface area contributed by atoms with Gasteiger partial charge in [-0.15, -0.1) is 0 Å². The van der Waals surface area contributed by atoms with Gasteiger partial charge < -0.3 is 9.84 Å². The van der Waals surface area contributed by atoms with Crippen LogP contribution in [-0.4, -0.2) is 40.3 Å². The lowest BCUT2D eigenvalue weighted by atomic mass is 9.51. The van der Waals surface area contributed by atoms with Crippen molar-refractivity contribution in [3.8, 4) is 11.5 Å². The van der Waals surface area contributed by atoms with Crippen LogP contribution in [0.4, 0.5) is 17.1 Å². The van der Waals surface area contributed by atoms with Crippen LogP contribution in [0.5, 0.6) is 11.5 Å². The highest BCUT2D eigenvalue weighted by Gasteiger charge is 2.67. The summed E-state index contributed by atoms with van der Waals surface area (Å²) in [5.41, 5.74) is 0.519. The van der Waals surface area contributed by atoms with Gasteiger partial charge in [0.1, 0.15) is 0 Å². The molecule has 7 rings (SSSR count). The van der Waals surface area contributed by atoms with E-state index in [9.17, 15) is 34.4 Å². The maximum Gasteiger partial charge on any atom is 0.271 e. The largest absolute Gasteiger partial charge is 0.504 e. The molecule has 2 saturated heterocycles. The minimum atomic E-state index is -1.24. The summed E-state index contributed by atoms with van der Waals surface area (Å²) in [5.74, 6) is -5.08. The molecule has 0 aromatic heterocycles. The summed E-state index contributed by atoms with van der Waals surface area (Å²) in [6.07, 6.45) is 2.33. The number of phenolic OH excluding ortho intramolecular Hbond substituents is 1. The van der Waals surface area contributed by atoms with Crippen molar-refractivity contribution < 1.29 is 33.9 Å². The van der Waals surface area contributed by atoms with Gasteiger partial charge in [0, 0.05) is 18.1 Å². The molecule has 6 atom stereocenters. The van der Waals surface area contributed by atoms with Crippen LogP contribution in [0.2, 0.25) is 0 Å². The molecule has 3 fully saturated rings. The monoisotopic (exact) mass is 621 g/mol. The number of allylic oxidation sites excluding steroid dienone is 2. The molecular formula is C35H31N3O8. The number of nitrogens with zero attached hydrogens (tertiary/aromatic N) is 3. The second-order valence-corrected chi connectivity index (χ2v) is 12.4. The third-order valence-corrected chi connectivity index (χ3v) is 10.2. The van der Waals surface area contributed by atoms with Crippen molar-refractivity contribution in [3.63, 3.8) is 0 Å². The summed E-state index contributed by atoms with van der Waals surface area (Å²) in [4.78, 5) is 69.9. The second kappa shape index (κ2) is 10.6. The number of hydrogen-bond donors (Lipinski definition) is 1. The normalized spacial score (nSPS) is 28.5. The van der Waals surface area contributed by atoms with Gasteiger partial charge in [0.05, 0.1) is 46.1 Å². The molecule has 0 radical (unpaired) electrons. The zero-order chi connectivity index (χ0) is 32.5. The number of nitro groups is 1. The van der Waals surface area contributed by atoms with Gasteiger partial charge in [-0.1, -0.05) is 42.0 Å². The van der Waals surface area contributed by atoms with Crippen molar-refractivity contribution in [2.45, 2.75) is 32.6 Å². The number of para-hydroxylation sites is 1. The number of imide groups is 2. The predicted octanol–water partition coefficient (Wildman–Crippen LogP) is 5.13. The number of rotatable bonds is 6. The number of hydrogen-bond acceptors (Lipinski definition) is 8. The molecule has 1 N–H and O–H groups in total. The first-order valence-corrected chi connectivity index (χ1v) is 15.3. The van der Waals surface area contributed by atoms with E-state index in [0.29, 0.717) is 17.9 Å². The quantitative estimate of drug-likeness (QED) is 0.172. The number of fused-ring (bicyclic) bond motifs is 4. The maximum absolute atomic E-state index is 14.5. The third-order valence-electron chi connectivity index (χ3n) is 10.2. The van der Waals surface area contributed by atoms with Crippen molar-refractivity contribution in [1.82, 2.24) is 0 Å². The molecule has 3 aromatic carbocycles. The van der Waals surface area contributed by atoms with Crippen LogP contribution >= 0.6 is 0 Å². The Labute approximate surface area is 264 Å². The zero-order valence-corrected chi connectivity index (χ0v) is 25.2. The van der Waals surface area contributed by atoms with Crippen molar-refractivity contribution in [2.75, 3.05) is 16.4 Å². The Balaban J connectivity index is 1.36. The fourth-order valence-corrected chi connectivity index (χ4v) is 8.20. The van der Waals surface area contributed by atoms with Crippen molar-refractivity contribution in [3.05, 3.63) is 100 Å². The number of ether oxygens (including phenoxy) is 1. The Bertz CT molecular complexity index is 1860. The first-order chi connectivity index (χ1) is 22.1. The molecule has 11 nitrogen and oxygen atoms in total. The highest BCUT2D eigenvalue weighted by atomic mass is 16.6. The smallest absolute Gasteiger partial charge is 0.271 e. The van der Waals surface area contributed by atoms with Crippen LogP contribution in [-0.2, 0) is 19.2 Å². The molecule has 0 bridgehead atoms. The molecule has 4 aliphatic rings. The fourth-order valence-electron chi connectivity index (χ4n) is 8.20. The number of phenols is 1. The molecule has 11 heteroatoms. The Morgan fingerprint density at radius 1 is 0.913 bits per heavy atom. The molecule has 2 aliphatic carbocycles. The number of nitro benzene ring substituents is 1. The van der Waals surface area contributed by atoms with Crippen molar-refractivity contribution >= 4 is 40.7 Å². The first kappa shape index (κ1) is 29.4. The highest BCUT2D eigenvalue weighted by molar-refractivity contribution is 6.25.